The first-order valence-electron chi connectivity index (χ1n) is 4.80. The summed E-state index contributed by atoms with van der Waals surface area (Å²) >= 11 is 5.57. The van der Waals surface area contributed by atoms with Gasteiger partial charge in [-0.1, -0.05) is 17.7 Å². The molecule has 92 valence electrons. The van der Waals surface area contributed by atoms with E-state index in [0.29, 0.717) is 0 Å². The Bertz CT molecular complexity index is 437. The molecule has 0 aliphatic rings. The average Bonchev–Trinajstić information content (AvgIpc) is 2.29. The van der Waals surface area contributed by atoms with Gasteiger partial charge in [-0.05, 0) is 17.7 Å². The molecule has 0 radical (unpaired) electrons. The van der Waals surface area contributed by atoms with Crippen LogP contribution in [0.1, 0.15) is 5.56 Å². The number of amides is 1. The minimum atomic E-state index is -0.560. The molecular weight excluding hydrogens is 249 g/mol. The van der Waals surface area contributed by atoms with Gasteiger partial charge in [-0.25, -0.2) is 4.39 Å². The van der Waals surface area contributed by atoms with Crippen LogP contribution in [0, 0.1) is 5.82 Å². The van der Waals surface area contributed by atoms with Crippen molar-refractivity contribution in [1.82, 2.24) is 5.32 Å². The van der Waals surface area contributed by atoms with E-state index in [9.17, 15) is 14.0 Å². The van der Waals surface area contributed by atoms with E-state index in [4.69, 9.17) is 11.6 Å². The van der Waals surface area contributed by atoms with Crippen LogP contribution < -0.4 is 5.32 Å². The molecule has 1 rings (SSSR count). The summed E-state index contributed by atoms with van der Waals surface area (Å²) < 4.78 is 17.7. The van der Waals surface area contributed by atoms with Gasteiger partial charge in [0.25, 0.3) is 0 Å². The Morgan fingerprint density at radius 2 is 2.18 bits per heavy atom. The Morgan fingerprint density at radius 3 is 2.76 bits per heavy atom. The SMILES string of the molecule is COC(=O)CNC(=O)Cc1ccc(Cl)cc1F. The normalized spacial score (nSPS) is 9.82. The van der Waals surface area contributed by atoms with Gasteiger partial charge in [0.15, 0.2) is 0 Å². The maximum atomic E-state index is 13.3. The van der Waals surface area contributed by atoms with Gasteiger partial charge in [0, 0.05) is 5.02 Å². The zero-order valence-corrected chi connectivity index (χ0v) is 9.88. The molecule has 0 aliphatic heterocycles. The van der Waals surface area contributed by atoms with Crippen molar-refractivity contribution in [3.63, 3.8) is 0 Å². The van der Waals surface area contributed by atoms with Crippen LogP contribution in [0.2, 0.25) is 5.02 Å². The molecule has 1 aromatic carbocycles. The van der Waals surface area contributed by atoms with Crippen LogP contribution in [0.5, 0.6) is 0 Å². The van der Waals surface area contributed by atoms with Crippen LogP contribution in [0.3, 0.4) is 0 Å². The summed E-state index contributed by atoms with van der Waals surface area (Å²) in [4.78, 5) is 22.1. The highest BCUT2D eigenvalue weighted by Crippen LogP contribution is 2.14. The van der Waals surface area contributed by atoms with Crippen molar-refractivity contribution in [2.24, 2.45) is 0 Å². The predicted octanol–water partition coefficient (Wildman–Crippen LogP) is 1.31. The highest BCUT2D eigenvalue weighted by molar-refractivity contribution is 6.30. The number of carbonyl (C=O) groups is 2. The predicted molar refractivity (Wildman–Crippen MR) is 60.1 cm³/mol. The molecule has 1 N–H and O–H groups in total. The van der Waals surface area contributed by atoms with Gasteiger partial charge in [-0.3, -0.25) is 9.59 Å². The molecule has 0 saturated heterocycles. The number of esters is 1. The highest BCUT2D eigenvalue weighted by atomic mass is 35.5. The largest absolute Gasteiger partial charge is 0.468 e. The van der Waals surface area contributed by atoms with Crippen LogP contribution in [-0.4, -0.2) is 25.5 Å². The van der Waals surface area contributed by atoms with E-state index in [-0.39, 0.29) is 23.6 Å². The van der Waals surface area contributed by atoms with Crippen LogP contribution in [-0.2, 0) is 20.7 Å². The minimum Gasteiger partial charge on any atom is -0.468 e. The molecule has 1 aromatic rings. The number of hydrogen-bond donors (Lipinski definition) is 1. The number of ether oxygens (including phenoxy) is 1. The first-order chi connectivity index (χ1) is 8.02. The Morgan fingerprint density at radius 1 is 1.47 bits per heavy atom. The van der Waals surface area contributed by atoms with Gasteiger partial charge in [0.1, 0.15) is 12.4 Å². The summed E-state index contributed by atoms with van der Waals surface area (Å²) in [5, 5.41) is 2.58. The van der Waals surface area contributed by atoms with E-state index >= 15 is 0 Å². The molecule has 4 nitrogen and oxygen atoms in total. The summed E-state index contributed by atoms with van der Waals surface area (Å²) in [6.45, 7) is -0.232. The molecule has 17 heavy (non-hydrogen) atoms. The molecule has 0 fully saturated rings. The monoisotopic (exact) mass is 259 g/mol. The van der Waals surface area contributed by atoms with Gasteiger partial charge in [0.05, 0.1) is 13.5 Å². The van der Waals surface area contributed by atoms with E-state index < -0.39 is 17.7 Å². The van der Waals surface area contributed by atoms with E-state index in [2.05, 4.69) is 10.1 Å². The Hall–Kier alpha value is -1.62. The lowest BCUT2D eigenvalue weighted by molar-refractivity contribution is -0.141. The summed E-state index contributed by atoms with van der Waals surface area (Å²) in [5.41, 5.74) is 0.219. The fourth-order valence-corrected chi connectivity index (χ4v) is 1.30. The van der Waals surface area contributed by atoms with Crippen LogP contribution in [0.4, 0.5) is 4.39 Å². The number of carbonyl (C=O) groups excluding carboxylic acids is 2. The zero-order valence-electron chi connectivity index (χ0n) is 9.13. The Kier molecular flexibility index (Phi) is 4.90. The second-order valence-electron chi connectivity index (χ2n) is 3.27. The van der Waals surface area contributed by atoms with Crippen molar-refractivity contribution in [2.75, 3.05) is 13.7 Å². The number of hydrogen-bond acceptors (Lipinski definition) is 3. The van der Waals surface area contributed by atoms with E-state index in [0.717, 1.165) is 6.07 Å². The maximum absolute atomic E-state index is 13.3. The van der Waals surface area contributed by atoms with Crippen LogP contribution in [0.15, 0.2) is 18.2 Å². The quantitative estimate of drug-likeness (QED) is 0.830. The van der Waals surface area contributed by atoms with Gasteiger partial charge < -0.3 is 10.1 Å². The number of nitrogens with one attached hydrogen (secondary N) is 1. The van der Waals surface area contributed by atoms with Crippen molar-refractivity contribution < 1.29 is 18.7 Å². The summed E-state index contributed by atoms with van der Waals surface area (Å²) in [6.07, 6.45) is -0.153. The van der Waals surface area contributed by atoms with Crippen LogP contribution >= 0.6 is 11.6 Å². The third kappa shape index (κ3) is 4.40. The fraction of sp³-hybridized carbons (Fsp3) is 0.273. The number of halogens is 2. The summed E-state index contributed by atoms with van der Waals surface area (Å²) in [5.74, 6) is -1.57. The molecule has 0 atom stereocenters. The van der Waals surface area contributed by atoms with Gasteiger partial charge in [-0.15, -0.1) is 0 Å². The third-order valence-electron chi connectivity index (χ3n) is 2.02. The summed E-state index contributed by atoms with van der Waals surface area (Å²) in [7, 11) is 1.22. The number of benzene rings is 1. The molecule has 0 heterocycles. The van der Waals surface area contributed by atoms with Gasteiger partial charge in [-0.2, -0.15) is 0 Å². The zero-order chi connectivity index (χ0) is 12.8. The van der Waals surface area contributed by atoms with E-state index in [1.54, 1.807) is 0 Å². The average molecular weight is 260 g/mol. The van der Waals surface area contributed by atoms with Crippen molar-refractivity contribution in [2.45, 2.75) is 6.42 Å². The first kappa shape index (κ1) is 13.4. The molecule has 0 aliphatic carbocycles. The lowest BCUT2D eigenvalue weighted by Crippen LogP contribution is -2.31. The molecule has 0 saturated carbocycles. The van der Waals surface area contributed by atoms with E-state index in [1.165, 1.54) is 19.2 Å². The molecule has 6 heteroatoms. The second kappa shape index (κ2) is 6.20. The summed E-state index contributed by atoms with van der Waals surface area (Å²) in [6, 6.07) is 4.05. The molecule has 0 bridgehead atoms. The third-order valence-corrected chi connectivity index (χ3v) is 2.26. The topological polar surface area (TPSA) is 55.4 Å². The molecule has 1 amide bonds. The molecule has 0 aromatic heterocycles. The lowest BCUT2D eigenvalue weighted by Gasteiger charge is -2.05. The van der Waals surface area contributed by atoms with E-state index in [1.807, 2.05) is 0 Å². The van der Waals surface area contributed by atoms with Crippen molar-refractivity contribution >= 4 is 23.5 Å². The first-order valence-corrected chi connectivity index (χ1v) is 5.18. The second-order valence-corrected chi connectivity index (χ2v) is 3.70. The smallest absolute Gasteiger partial charge is 0.325 e. The van der Waals surface area contributed by atoms with Crippen molar-refractivity contribution in [3.05, 3.63) is 34.6 Å². The standard InChI is InChI=1S/C11H11ClFNO3/c1-17-11(16)6-14-10(15)4-7-2-3-8(12)5-9(7)13/h2-3,5H,4,6H2,1H3,(H,14,15). The highest BCUT2D eigenvalue weighted by Gasteiger charge is 2.10. The maximum Gasteiger partial charge on any atom is 0.325 e. The Labute approximate surface area is 103 Å². The lowest BCUT2D eigenvalue weighted by atomic mass is 10.1. The van der Waals surface area contributed by atoms with Gasteiger partial charge in [0.2, 0.25) is 5.91 Å². The van der Waals surface area contributed by atoms with Crippen LogP contribution in [0.25, 0.3) is 0 Å². The Balaban J connectivity index is 2.53. The van der Waals surface area contributed by atoms with Gasteiger partial charge >= 0.3 is 5.97 Å². The fourth-order valence-electron chi connectivity index (χ4n) is 1.14. The number of rotatable bonds is 4. The molecular formula is C11H11ClFNO3. The molecule has 0 spiro atoms. The van der Waals surface area contributed by atoms with Crippen molar-refractivity contribution in [1.29, 1.82) is 0 Å². The molecule has 0 unspecified atom stereocenters. The van der Waals surface area contributed by atoms with Crippen molar-refractivity contribution in [3.8, 4) is 0 Å². The minimum absolute atomic E-state index is 0.153. The number of methoxy groups -OCH3 is 1.